The van der Waals surface area contributed by atoms with Crippen LogP contribution in [0, 0.1) is 6.92 Å². The van der Waals surface area contributed by atoms with Gasteiger partial charge < -0.3 is 10.2 Å². The highest BCUT2D eigenvalue weighted by Gasteiger charge is 2.01. The molecule has 2 aromatic rings. The molecular formula is C19H20N2O3. The van der Waals surface area contributed by atoms with Gasteiger partial charge in [0, 0.05) is 5.57 Å². The van der Waals surface area contributed by atoms with Gasteiger partial charge in [-0.3, -0.25) is 0 Å². The maximum absolute atomic E-state index is 10.7. The second kappa shape index (κ2) is 8.06. The van der Waals surface area contributed by atoms with E-state index in [4.69, 9.17) is 5.11 Å². The van der Waals surface area contributed by atoms with E-state index >= 15 is 0 Å². The lowest BCUT2D eigenvalue weighted by Gasteiger charge is -2.01. The molecule has 2 rings (SSSR count). The third-order valence-corrected chi connectivity index (χ3v) is 3.56. The number of carboxylic acids is 1. The summed E-state index contributed by atoms with van der Waals surface area (Å²) in [5.41, 5.74) is 3.59. The number of phenols is 1. The highest BCUT2D eigenvalue weighted by atomic mass is 16.4. The van der Waals surface area contributed by atoms with Crippen LogP contribution in [0.4, 0.5) is 11.4 Å². The number of phenolic OH excluding ortho intramolecular Hbond substituents is 1. The summed E-state index contributed by atoms with van der Waals surface area (Å²) in [4.78, 5) is 10.7. The smallest absolute Gasteiger partial charge is 0.330 e. The third-order valence-electron chi connectivity index (χ3n) is 3.56. The fraction of sp³-hybridized carbons (Fsp3) is 0.211. The third kappa shape index (κ3) is 5.05. The number of allylic oxidation sites excluding steroid dienone is 1. The van der Waals surface area contributed by atoms with Gasteiger partial charge in [-0.25, -0.2) is 4.79 Å². The summed E-state index contributed by atoms with van der Waals surface area (Å²) in [6.07, 6.45) is 3.16. The molecule has 0 bridgehead atoms. The molecule has 0 unspecified atom stereocenters. The number of rotatable bonds is 6. The quantitative estimate of drug-likeness (QED) is 0.574. The molecule has 5 nitrogen and oxygen atoms in total. The van der Waals surface area contributed by atoms with Crippen molar-refractivity contribution in [3.8, 4) is 5.75 Å². The molecule has 2 N–H and O–H groups in total. The predicted octanol–water partition coefficient (Wildman–Crippen LogP) is 5.08. The zero-order valence-electron chi connectivity index (χ0n) is 13.7. The summed E-state index contributed by atoms with van der Waals surface area (Å²) in [6, 6.07) is 12.7. The Morgan fingerprint density at radius 3 is 2.50 bits per heavy atom. The second-order valence-electron chi connectivity index (χ2n) is 5.59. The number of carboxylic acid groups (broad SMARTS) is 1. The van der Waals surface area contributed by atoms with E-state index in [1.807, 2.05) is 37.3 Å². The minimum absolute atomic E-state index is 0.0987. The number of aryl methyl sites for hydroxylation is 2. The molecule has 0 aliphatic heterocycles. The Morgan fingerprint density at radius 2 is 1.83 bits per heavy atom. The summed E-state index contributed by atoms with van der Waals surface area (Å²) in [7, 11) is 0. The number of carbonyl (C=O) groups is 1. The van der Waals surface area contributed by atoms with E-state index in [0.717, 1.165) is 17.5 Å². The predicted molar refractivity (Wildman–Crippen MR) is 93.2 cm³/mol. The van der Waals surface area contributed by atoms with Crippen LogP contribution in [0.1, 0.15) is 24.5 Å². The van der Waals surface area contributed by atoms with E-state index in [0.29, 0.717) is 23.4 Å². The van der Waals surface area contributed by atoms with Crippen LogP contribution < -0.4 is 0 Å². The van der Waals surface area contributed by atoms with Gasteiger partial charge in [-0.05, 0) is 62.1 Å². The molecule has 0 aliphatic rings. The normalized spacial score (nSPS) is 11.8. The van der Waals surface area contributed by atoms with Gasteiger partial charge in [-0.15, -0.1) is 5.11 Å². The summed E-state index contributed by atoms with van der Waals surface area (Å²) in [6.45, 7) is 3.51. The standard InChI is InChI=1S/C19H20N2O3/c1-13-6-11-18(22)17(12-13)21-20-16-9-7-15(8-10-16)5-3-4-14(2)19(23)24/h4,6-12,22H,3,5H2,1-2H3,(H,23,24). The number of nitrogens with zero attached hydrogens (tertiary/aromatic N) is 2. The van der Waals surface area contributed by atoms with Crippen molar-refractivity contribution in [3.05, 3.63) is 65.2 Å². The Balaban J connectivity index is 1.99. The number of hydrogen-bond acceptors (Lipinski definition) is 4. The monoisotopic (exact) mass is 324 g/mol. The summed E-state index contributed by atoms with van der Waals surface area (Å²) in [5.74, 6) is -0.785. The number of benzene rings is 2. The van der Waals surface area contributed by atoms with Gasteiger partial charge in [0.2, 0.25) is 0 Å². The molecule has 2 aromatic carbocycles. The van der Waals surface area contributed by atoms with Crippen LogP contribution in [0.5, 0.6) is 5.75 Å². The van der Waals surface area contributed by atoms with Gasteiger partial charge in [-0.2, -0.15) is 5.11 Å². The first-order valence-corrected chi connectivity index (χ1v) is 7.66. The molecular weight excluding hydrogens is 304 g/mol. The van der Waals surface area contributed by atoms with Crippen LogP contribution in [-0.2, 0) is 11.2 Å². The first-order valence-electron chi connectivity index (χ1n) is 7.66. The average Bonchev–Trinajstić information content (AvgIpc) is 2.56. The van der Waals surface area contributed by atoms with Crippen LogP contribution in [0.2, 0.25) is 0 Å². The van der Waals surface area contributed by atoms with E-state index in [1.54, 1.807) is 25.1 Å². The summed E-state index contributed by atoms with van der Waals surface area (Å²) < 4.78 is 0. The molecule has 0 atom stereocenters. The van der Waals surface area contributed by atoms with Crippen molar-refractivity contribution >= 4 is 17.3 Å². The Kier molecular flexibility index (Phi) is 5.84. The largest absolute Gasteiger partial charge is 0.506 e. The van der Waals surface area contributed by atoms with Gasteiger partial charge in [0.25, 0.3) is 0 Å². The van der Waals surface area contributed by atoms with Crippen LogP contribution in [0.3, 0.4) is 0 Å². The molecule has 0 spiro atoms. The highest BCUT2D eigenvalue weighted by molar-refractivity contribution is 5.85. The lowest BCUT2D eigenvalue weighted by Crippen LogP contribution is -1.96. The number of azo groups is 1. The van der Waals surface area contributed by atoms with E-state index in [2.05, 4.69) is 10.2 Å². The maximum Gasteiger partial charge on any atom is 0.330 e. The summed E-state index contributed by atoms with van der Waals surface area (Å²) >= 11 is 0. The van der Waals surface area contributed by atoms with Crippen LogP contribution in [0.15, 0.2) is 64.3 Å². The van der Waals surface area contributed by atoms with Gasteiger partial charge >= 0.3 is 5.97 Å². The molecule has 0 saturated heterocycles. The van der Waals surface area contributed by atoms with Crippen molar-refractivity contribution < 1.29 is 15.0 Å². The lowest BCUT2D eigenvalue weighted by atomic mass is 10.1. The van der Waals surface area contributed by atoms with Crippen molar-refractivity contribution in [3.63, 3.8) is 0 Å². The Labute approximate surface area is 141 Å². The number of aromatic hydroxyl groups is 1. The molecule has 124 valence electrons. The van der Waals surface area contributed by atoms with Gasteiger partial charge in [0.05, 0.1) is 5.69 Å². The van der Waals surface area contributed by atoms with E-state index in [9.17, 15) is 9.90 Å². The Bertz CT molecular complexity index is 778. The van der Waals surface area contributed by atoms with Crippen molar-refractivity contribution in [2.24, 2.45) is 10.2 Å². The SMILES string of the molecule is CC(=CCCc1ccc(N=Nc2cc(C)ccc2O)cc1)C(=O)O. The fourth-order valence-corrected chi connectivity index (χ4v) is 2.10. The zero-order chi connectivity index (χ0) is 17.5. The van der Waals surface area contributed by atoms with E-state index in [-0.39, 0.29) is 5.75 Å². The molecule has 0 amide bonds. The Hall–Kier alpha value is -2.95. The minimum atomic E-state index is -0.884. The molecule has 0 fully saturated rings. The fourth-order valence-electron chi connectivity index (χ4n) is 2.10. The van der Waals surface area contributed by atoms with E-state index in [1.165, 1.54) is 0 Å². The molecule has 24 heavy (non-hydrogen) atoms. The second-order valence-corrected chi connectivity index (χ2v) is 5.59. The molecule has 0 saturated carbocycles. The molecule has 5 heteroatoms. The van der Waals surface area contributed by atoms with Crippen molar-refractivity contribution in [2.45, 2.75) is 26.7 Å². The maximum atomic E-state index is 10.7. The van der Waals surface area contributed by atoms with E-state index < -0.39 is 5.97 Å². The topological polar surface area (TPSA) is 82.2 Å². The Morgan fingerprint density at radius 1 is 1.12 bits per heavy atom. The van der Waals surface area contributed by atoms with Crippen LogP contribution in [-0.4, -0.2) is 16.2 Å². The van der Waals surface area contributed by atoms with Crippen LogP contribution >= 0.6 is 0 Å². The molecule has 0 aliphatic carbocycles. The zero-order valence-corrected chi connectivity index (χ0v) is 13.7. The first-order chi connectivity index (χ1) is 11.5. The average molecular weight is 324 g/mol. The van der Waals surface area contributed by atoms with Crippen molar-refractivity contribution in [1.29, 1.82) is 0 Å². The first kappa shape index (κ1) is 17.4. The number of hydrogen-bond donors (Lipinski definition) is 2. The summed E-state index contributed by atoms with van der Waals surface area (Å²) in [5, 5.41) is 26.7. The van der Waals surface area contributed by atoms with Gasteiger partial charge in [-0.1, -0.05) is 24.3 Å². The number of aliphatic carboxylic acids is 1. The molecule has 0 heterocycles. The minimum Gasteiger partial charge on any atom is -0.506 e. The van der Waals surface area contributed by atoms with Gasteiger partial charge in [0.1, 0.15) is 11.4 Å². The van der Waals surface area contributed by atoms with Crippen molar-refractivity contribution in [1.82, 2.24) is 0 Å². The lowest BCUT2D eigenvalue weighted by molar-refractivity contribution is -0.132. The molecule has 0 aromatic heterocycles. The van der Waals surface area contributed by atoms with Crippen LogP contribution in [0.25, 0.3) is 0 Å². The van der Waals surface area contributed by atoms with Gasteiger partial charge in [0.15, 0.2) is 0 Å². The van der Waals surface area contributed by atoms with Crippen molar-refractivity contribution in [2.75, 3.05) is 0 Å². The molecule has 0 radical (unpaired) electrons. The highest BCUT2D eigenvalue weighted by Crippen LogP contribution is 2.28.